The van der Waals surface area contributed by atoms with Gasteiger partial charge in [-0.3, -0.25) is 4.79 Å². The molecule has 0 atom stereocenters. The monoisotopic (exact) mass is 343 g/mol. The first kappa shape index (κ1) is 14.0. The summed E-state index contributed by atoms with van der Waals surface area (Å²) in [6.45, 7) is 0.586. The van der Waals surface area contributed by atoms with Crippen LogP contribution in [0.4, 0.5) is 10.1 Å². The molecule has 0 fully saturated rings. The molecule has 0 saturated carbocycles. The molecule has 0 aliphatic carbocycles. The van der Waals surface area contributed by atoms with E-state index in [2.05, 4.69) is 21.2 Å². The molecule has 2 rings (SSSR count). The van der Waals surface area contributed by atoms with Gasteiger partial charge in [0.05, 0.1) is 10.9 Å². The Bertz CT molecular complexity index is 600. The van der Waals surface area contributed by atoms with Crippen LogP contribution in [0.1, 0.15) is 9.75 Å². The number of hydrogen-bond donors (Lipinski definition) is 2. The highest BCUT2D eigenvalue weighted by molar-refractivity contribution is 9.10. The summed E-state index contributed by atoms with van der Waals surface area (Å²) in [5.74, 6) is -1.13. The maximum Gasteiger partial charge on any atom is 0.308 e. The van der Waals surface area contributed by atoms with Crippen molar-refractivity contribution in [3.63, 3.8) is 0 Å². The van der Waals surface area contributed by atoms with Crippen LogP contribution in [-0.2, 0) is 17.8 Å². The van der Waals surface area contributed by atoms with Gasteiger partial charge in [0, 0.05) is 22.0 Å². The highest BCUT2D eigenvalue weighted by Crippen LogP contribution is 2.22. The number of carbonyl (C=O) groups is 1. The third-order valence-corrected chi connectivity index (χ3v) is 4.12. The highest BCUT2D eigenvalue weighted by Gasteiger charge is 2.05. The van der Waals surface area contributed by atoms with E-state index in [9.17, 15) is 9.18 Å². The van der Waals surface area contributed by atoms with Crippen molar-refractivity contribution in [3.8, 4) is 0 Å². The molecule has 6 heteroatoms. The third kappa shape index (κ3) is 4.04. The minimum atomic E-state index is -0.830. The van der Waals surface area contributed by atoms with E-state index in [-0.39, 0.29) is 12.2 Å². The van der Waals surface area contributed by atoms with Gasteiger partial charge in [-0.25, -0.2) is 4.39 Å². The van der Waals surface area contributed by atoms with E-state index in [1.165, 1.54) is 17.4 Å². The van der Waals surface area contributed by atoms with Gasteiger partial charge in [0.15, 0.2) is 0 Å². The molecule has 0 aliphatic rings. The Labute approximate surface area is 122 Å². The van der Waals surface area contributed by atoms with Crippen molar-refractivity contribution in [2.45, 2.75) is 13.0 Å². The van der Waals surface area contributed by atoms with Crippen molar-refractivity contribution in [3.05, 3.63) is 50.4 Å². The first-order valence-electron chi connectivity index (χ1n) is 5.53. The lowest BCUT2D eigenvalue weighted by Crippen LogP contribution is -1.98. The molecule has 1 aromatic heterocycles. The number of aliphatic carboxylic acids is 1. The van der Waals surface area contributed by atoms with Crippen LogP contribution >= 0.6 is 27.3 Å². The minimum absolute atomic E-state index is 0.0484. The van der Waals surface area contributed by atoms with E-state index in [0.717, 1.165) is 15.4 Å². The number of nitrogens with one attached hydrogen (secondary N) is 1. The van der Waals surface area contributed by atoms with Gasteiger partial charge in [0.2, 0.25) is 0 Å². The first-order chi connectivity index (χ1) is 9.04. The smallest absolute Gasteiger partial charge is 0.308 e. The van der Waals surface area contributed by atoms with E-state index in [1.54, 1.807) is 12.1 Å². The summed E-state index contributed by atoms with van der Waals surface area (Å²) in [6.07, 6.45) is 0.0484. The molecule has 2 N–H and O–H groups in total. The topological polar surface area (TPSA) is 49.3 Å². The number of carboxylic acid groups (broad SMARTS) is 1. The van der Waals surface area contributed by atoms with Gasteiger partial charge in [0.25, 0.3) is 0 Å². The van der Waals surface area contributed by atoms with Crippen molar-refractivity contribution in [1.29, 1.82) is 0 Å². The van der Waals surface area contributed by atoms with E-state index in [0.29, 0.717) is 11.0 Å². The second kappa shape index (κ2) is 6.16. The average molecular weight is 344 g/mol. The Hall–Kier alpha value is -1.40. The Morgan fingerprint density at radius 1 is 1.32 bits per heavy atom. The number of carboxylic acids is 1. The van der Waals surface area contributed by atoms with Crippen molar-refractivity contribution in [2.75, 3.05) is 5.32 Å². The van der Waals surface area contributed by atoms with Crippen LogP contribution < -0.4 is 5.32 Å². The standard InChI is InChI=1S/C13H11BrFNO2S/c14-11-5-8(1-4-12(11)15)16-7-10-3-2-9(19-10)6-13(17)18/h1-5,16H,6-7H2,(H,17,18). The fraction of sp³-hybridized carbons (Fsp3) is 0.154. The minimum Gasteiger partial charge on any atom is -0.481 e. The zero-order valence-electron chi connectivity index (χ0n) is 9.82. The summed E-state index contributed by atoms with van der Waals surface area (Å²) in [4.78, 5) is 12.4. The Kier molecular flexibility index (Phi) is 4.55. The molecule has 2 aromatic rings. The lowest BCUT2D eigenvalue weighted by molar-refractivity contribution is -0.136. The SMILES string of the molecule is O=C(O)Cc1ccc(CNc2ccc(F)c(Br)c2)s1. The van der Waals surface area contributed by atoms with Crippen molar-refractivity contribution >= 4 is 38.9 Å². The molecule has 100 valence electrons. The van der Waals surface area contributed by atoms with Gasteiger partial charge in [-0.05, 0) is 46.3 Å². The number of rotatable bonds is 5. The summed E-state index contributed by atoms with van der Waals surface area (Å²) in [5.41, 5.74) is 0.807. The van der Waals surface area contributed by atoms with E-state index in [1.807, 2.05) is 12.1 Å². The summed E-state index contributed by atoms with van der Waals surface area (Å²) < 4.78 is 13.5. The predicted molar refractivity (Wildman–Crippen MR) is 77.1 cm³/mol. The molecule has 3 nitrogen and oxygen atoms in total. The molecule has 0 amide bonds. The van der Waals surface area contributed by atoms with Crippen LogP contribution in [0.5, 0.6) is 0 Å². The van der Waals surface area contributed by atoms with Crippen molar-refractivity contribution in [2.24, 2.45) is 0 Å². The van der Waals surface area contributed by atoms with Crippen molar-refractivity contribution in [1.82, 2.24) is 0 Å². The molecular formula is C13H11BrFNO2S. The average Bonchev–Trinajstić information content (AvgIpc) is 2.77. The van der Waals surface area contributed by atoms with Crippen LogP contribution in [0, 0.1) is 5.82 Å². The third-order valence-electron chi connectivity index (χ3n) is 2.43. The van der Waals surface area contributed by atoms with Crippen molar-refractivity contribution < 1.29 is 14.3 Å². The van der Waals surface area contributed by atoms with Crippen LogP contribution in [0.2, 0.25) is 0 Å². The maximum absolute atomic E-state index is 13.1. The molecule has 0 bridgehead atoms. The zero-order chi connectivity index (χ0) is 13.8. The lowest BCUT2D eigenvalue weighted by Gasteiger charge is -2.05. The first-order valence-corrected chi connectivity index (χ1v) is 7.14. The quantitative estimate of drug-likeness (QED) is 0.865. The van der Waals surface area contributed by atoms with Gasteiger partial charge >= 0.3 is 5.97 Å². The van der Waals surface area contributed by atoms with Gasteiger partial charge in [-0.1, -0.05) is 0 Å². The van der Waals surface area contributed by atoms with E-state index in [4.69, 9.17) is 5.11 Å². The molecule has 0 unspecified atom stereocenters. The zero-order valence-corrected chi connectivity index (χ0v) is 12.2. The van der Waals surface area contributed by atoms with E-state index < -0.39 is 5.97 Å². The van der Waals surface area contributed by atoms with Crippen LogP contribution in [0.15, 0.2) is 34.8 Å². The fourth-order valence-corrected chi connectivity index (χ4v) is 2.88. The maximum atomic E-state index is 13.1. The predicted octanol–water partition coefficient (Wildman–Crippen LogP) is 3.89. The number of benzene rings is 1. The Morgan fingerprint density at radius 2 is 2.05 bits per heavy atom. The Morgan fingerprint density at radius 3 is 2.74 bits per heavy atom. The summed E-state index contributed by atoms with van der Waals surface area (Å²) in [7, 11) is 0. The van der Waals surface area contributed by atoms with Gasteiger partial charge in [-0.2, -0.15) is 0 Å². The Balaban J connectivity index is 1.96. The normalized spacial score (nSPS) is 10.4. The fourth-order valence-electron chi connectivity index (χ4n) is 1.56. The summed E-state index contributed by atoms with van der Waals surface area (Å²) in [6, 6.07) is 8.43. The molecule has 1 heterocycles. The summed E-state index contributed by atoms with van der Waals surface area (Å²) in [5, 5.41) is 11.9. The highest BCUT2D eigenvalue weighted by atomic mass is 79.9. The molecule has 0 saturated heterocycles. The molecule has 1 aromatic carbocycles. The van der Waals surface area contributed by atoms with Gasteiger partial charge < -0.3 is 10.4 Å². The molecule has 19 heavy (non-hydrogen) atoms. The van der Waals surface area contributed by atoms with E-state index >= 15 is 0 Å². The second-order valence-corrected chi connectivity index (χ2v) is 6.03. The number of halogens is 2. The van der Waals surface area contributed by atoms with Crippen LogP contribution in [0.3, 0.4) is 0 Å². The van der Waals surface area contributed by atoms with Crippen LogP contribution in [-0.4, -0.2) is 11.1 Å². The van der Waals surface area contributed by atoms with Crippen LogP contribution in [0.25, 0.3) is 0 Å². The summed E-state index contributed by atoms with van der Waals surface area (Å²) >= 11 is 4.58. The molecular weight excluding hydrogens is 333 g/mol. The van der Waals surface area contributed by atoms with Gasteiger partial charge in [0.1, 0.15) is 5.82 Å². The molecule has 0 radical (unpaired) electrons. The number of anilines is 1. The lowest BCUT2D eigenvalue weighted by atomic mass is 10.3. The number of thiophene rings is 1. The molecule has 0 spiro atoms. The second-order valence-electron chi connectivity index (χ2n) is 3.92. The molecule has 0 aliphatic heterocycles. The van der Waals surface area contributed by atoms with Gasteiger partial charge in [-0.15, -0.1) is 11.3 Å². The largest absolute Gasteiger partial charge is 0.481 e. The number of hydrogen-bond acceptors (Lipinski definition) is 3.